The molecule has 8 heteroatoms. The van der Waals surface area contributed by atoms with Gasteiger partial charge in [0.2, 0.25) is 0 Å². The van der Waals surface area contributed by atoms with Crippen LogP contribution in [0.25, 0.3) is 0 Å². The molecule has 0 saturated carbocycles. The van der Waals surface area contributed by atoms with Gasteiger partial charge in [0.15, 0.2) is 12.2 Å². The zero-order chi connectivity index (χ0) is 8.31. The van der Waals surface area contributed by atoms with Gasteiger partial charge in [-0.3, -0.25) is 0 Å². The van der Waals surface area contributed by atoms with E-state index in [1.54, 1.807) is 0 Å². The SMILES string of the molecule is O=C(O)C(O)C(O)C(=O)O.P.[KH]. The van der Waals surface area contributed by atoms with Gasteiger partial charge in [0.25, 0.3) is 0 Å². The standard InChI is InChI=1S/C4H6O6.K.H3P.H/c5-1(3(7)8)2(6)4(9)10;;;/h1-2,5-6H,(H,7,8)(H,9,10);;1H3;. The Hall–Kier alpha value is 0.926. The average Bonchev–Trinajstić information content (AvgIpc) is 1.84. The Morgan fingerprint density at radius 3 is 1.17 bits per heavy atom. The summed E-state index contributed by atoms with van der Waals surface area (Å²) in [6.07, 6.45) is -4.53. The number of carbonyl (C=O) groups is 2. The monoisotopic (exact) mass is 224 g/mol. The van der Waals surface area contributed by atoms with E-state index in [4.69, 9.17) is 20.4 Å². The molecule has 0 rings (SSSR count). The zero-order valence-electron chi connectivity index (χ0n) is 5.47. The van der Waals surface area contributed by atoms with Crippen LogP contribution in [0, 0.1) is 0 Å². The molecule has 3 unspecified atom stereocenters. The van der Waals surface area contributed by atoms with Gasteiger partial charge in [-0.1, -0.05) is 0 Å². The predicted octanol–water partition coefficient (Wildman–Crippen LogP) is -2.71. The van der Waals surface area contributed by atoms with Crippen molar-refractivity contribution in [1.82, 2.24) is 0 Å². The van der Waals surface area contributed by atoms with Gasteiger partial charge in [0, 0.05) is 0 Å². The average molecular weight is 224 g/mol. The van der Waals surface area contributed by atoms with Gasteiger partial charge in [-0.2, -0.15) is 9.90 Å². The van der Waals surface area contributed by atoms with E-state index >= 15 is 0 Å². The van der Waals surface area contributed by atoms with Crippen LogP contribution in [0.15, 0.2) is 0 Å². The van der Waals surface area contributed by atoms with Gasteiger partial charge in [-0.25, -0.2) is 9.59 Å². The third-order valence-electron chi connectivity index (χ3n) is 0.805. The predicted molar refractivity (Wildman–Crippen MR) is 45.5 cm³/mol. The summed E-state index contributed by atoms with van der Waals surface area (Å²) in [6, 6.07) is 0. The van der Waals surface area contributed by atoms with E-state index < -0.39 is 24.1 Å². The molecule has 12 heavy (non-hydrogen) atoms. The fraction of sp³-hybridized carbons (Fsp3) is 0.500. The summed E-state index contributed by atoms with van der Waals surface area (Å²) in [6.45, 7) is 0. The van der Waals surface area contributed by atoms with Gasteiger partial charge in [-0.05, 0) is 0 Å². The van der Waals surface area contributed by atoms with Crippen molar-refractivity contribution in [3.63, 3.8) is 0 Å². The first-order valence-corrected chi connectivity index (χ1v) is 2.28. The Kier molecular flexibility index (Phi) is 13.3. The minimum absolute atomic E-state index is 0. The van der Waals surface area contributed by atoms with Crippen LogP contribution < -0.4 is 0 Å². The number of carboxylic acid groups (broad SMARTS) is 2. The maximum atomic E-state index is 9.77. The first-order valence-electron chi connectivity index (χ1n) is 2.28. The normalized spacial score (nSPS) is 13.2. The number of rotatable bonds is 3. The number of hydrogen-bond donors (Lipinski definition) is 4. The topological polar surface area (TPSA) is 115 Å². The Morgan fingerprint density at radius 2 is 1.08 bits per heavy atom. The molecule has 0 saturated heterocycles. The molecule has 0 aliphatic heterocycles. The van der Waals surface area contributed by atoms with Crippen molar-refractivity contribution in [2.45, 2.75) is 12.2 Å². The Balaban J connectivity index is -0.000000405. The summed E-state index contributed by atoms with van der Waals surface area (Å²) in [4.78, 5) is 19.5. The molecule has 0 aliphatic carbocycles. The first kappa shape index (κ1) is 18.7. The van der Waals surface area contributed by atoms with Crippen molar-refractivity contribution < 1.29 is 30.0 Å². The molecule has 0 spiro atoms. The van der Waals surface area contributed by atoms with Crippen LogP contribution in [-0.2, 0) is 9.59 Å². The van der Waals surface area contributed by atoms with Crippen LogP contribution in [0.1, 0.15) is 0 Å². The van der Waals surface area contributed by atoms with Crippen molar-refractivity contribution in [3.8, 4) is 0 Å². The van der Waals surface area contributed by atoms with E-state index in [0.29, 0.717) is 0 Å². The van der Waals surface area contributed by atoms with E-state index in [9.17, 15) is 9.59 Å². The van der Waals surface area contributed by atoms with Crippen molar-refractivity contribution in [2.75, 3.05) is 0 Å². The van der Waals surface area contributed by atoms with E-state index in [0.717, 1.165) is 0 Å². The van der Waals surface area contributed by atoms with Crippen LogP contribution in [0.4, 0.5) is 0 Å². The summed E-state index contributed by atoms with van der Waals surface area (Å²) < 4.78 is 0. The van der Waals surface area contributed by atoms with Crippen LogP contribution >= 0.6 is 9.90 Å². The summed E-state index contributed by atoms with van der Waals surface area (Å²) in [7, 11) is 0. The van der Waals surface area contributed by atoms with Gasteiger partial charge in [0.1, 0.15) is 0 Å². The van der Waals surface area contributed by atoms with Crippen molar-refractivity contribution in [2.24, 2.45) is 0 Å². The molecule has 4 N–H and O–H groups in total. The molecule has 3 atom stereocenters. The molecule has 0 fully saturated rings. The van der Waals surface area contributed by atoms with Crippen molar-refractivity contribution in [3.05, 3.63) is 0 Å². The zero-order valence-corrected chi connectivity index (χ0v) is 6.88. The second-order valence-electron chi connectivity index (χ2n) is 1.57. The second-order valence-corrected chi connectivity index (χ2v) is 1.57. The third-order valence-corrected chi connectivity index (χ3v) is 0.805. The number of aliphatic hydroxyl groups excluding tert-OH is 2. The number of carboxylic acids is 2. The minimum atomic E-state index is -2.27. The van der Waals surface area contributed by atoms with Crippen LogP contribution in [0.5, 0.6) is 0 Å². The Labute approximate surface area is 114 Å². The van der Waals surface area contributed by atoms with Gasteiger partial charge >= 0.3 is 63.3 Å². The van der Waals surface area contributed by atoms with E-state index in [1.165, 1.54) is 0 Å². The number of aliphatic carboxylic acids is 2. The molecule has 0 radical (unpaired) electrons. The van der Waals surface area contributed by atoms with Gasteiger partial charge in [0.05, 0.1) is 0 Å². The Bertz CT molecular complexity index is 144. The van der Waals surface area contributed by atoms with Gasteiger partial charge in [-0.15, -0.1) is 0 Å². The van der Waals surface area contributed by atoms with E-state index in [-0.39, 0.29) is 61.3 Å². The molecule has 0 bridgehead atoms. The van der Waals surface area contributed by atoms with Crippen LogP contribution in [0.2, 0.25) is 0 Å². The fourth-order valence-electron chi connectivity index (χ4n) is 0.270. The number of hydrogen-bond acceptors (Lipinski definition) is 4. The molecule has 0 aromatic rings. The molecular formula is C4H10KO6P. The second kappa shape index (κ2) is 8.52. The van der Waals surface area contributed by atoms with Gasteiger partial charge < -0.3 is 20.4 Å². The molecule has 0 heterocycles. The Morgan fingerprint density at radius 1 is 0.917 bits per heavy atom. The molecule has 0 aliphatic rings. The van der Waals surface area contributed by atoms with Crippen molar-refractivity contribution in [1.29, 1.82) is 0 Å². The fourth-order valence-corrected chi connectivity index (χ4v) is 0.270. The molecule has 0 aromatic heterocycles. The number of aliphatic hydroxyl groups is 2. The molecule has 6 nitrogen and oxygen atoms in total. The van der Waals surface area contributed by atoms with E-state index in [2.05, 4.69) is 0 Å². The van der Waals surface area contributed by atoms with Crippen molar-refractivity contribution >= 4 is 73.2 Å². The quantitative estimate of drug-likeness (QED) is 0.306. The van der Waals surface area contributed by atoms with Crippen LogP contribution in [-0.4, -0.2) is 96.0 Å². The summed E-state index contributed by atoms with van der Waals surface area (Å²) in [5.41, 5.74) is 0. The summed E-state index contributed by atoms with van der Waals surface area (Å²) in [5, 5.41) is 32.5. The molecule has 68 valence electrons. The molecule has 0 amide bonds. The van der Waals surface area contributed by atoms with E-state index in [1.807, 2.05) is 0 Å². The third kappa shape index (κ3) is 6.44. The summed E-state index contributed by atoms with van der Waals surface area (Å²) >= 11 is 0. The molecule has 0 aromatic carbocycles. The van der Waals surface area contributed by atoms with Crippen LogP contribution in [0.3, 0.4) is 0 Å². The molecular weight excluding hydrogens is 214 g/mol. The maximum absolute atomic E-state index is 9.77. The first-order chi connectivity index (χ1) is 4.46. The summed E-state index contributed by atoms with van der Waals surface area (Å²) in [5.74, 6) is -3.54.